The molecule has 4 aromatic rings. The molecule has 2 aromatic heterocycles. The number of thiazole rings is 1. The topological polar surface area (TPSA) is 110 Å². The molecule has 2 heterocycles. The molecule has 0 saturated carbocycles. The minimum absolute atomic E-state index is 0.0653. The number of hydrogen-bond acceptors (Lipinski definition) is 7. The molecular weight excluding hydrogens is 436 g/mol. The van der Waals surface area contributed by atoms with Crippen LogP contribution in [-0.4, -0.2) is 30.9 Å². The zero-order valence-electron chi connectivity index (χ0n) is 16.4. The Morgan fingerprint density at radius 1 is 1.06 bits per heavy atom. The van der Waals surface area contributed by atoms with E-state index in [1.807, 2.05) is 25.1 Å². The van der Waals surface area contributed by atoms with Gasteiger partial charge < -0.3 is 10.1 Å². The molecule has 8 nitrogen and oxygen atoms in total. The second-order valence-electron chi connectivity index (χ2n) is 6.58. The maximum Gasteiger partial charge on any atom is 0.263 e. The van der Waals surface area contributed by atoms with Crippen molar-refractivity contribution >= 4 is 49.0 Å². The molecule has 0 unspecified atom stereocenters. The van der Waals surface area contributed by atoms with Crippen molar-refractivity contribution in [1.29, 1.82) is 0 Å². The molecule has 0 spiro atoms. The molecule has 0 aliphatic heterocycles. The molecule has 31 heavy (non-hydrogen) atoms. The summed E-state index contributed by atoms with van der Waals surface area (Å²) in [4.78, 5) is 20.6. The minimum atomic E-state index is -3.74. The Hall–Kier alpha value is -3.50. The number of aryl methyl sites for hydroxylation is 1. The first kappa shape index (κ1) is 20.8. The van der Waals surface area contributed by atoms with Crippen LogP contribution >= 0.6 is 11.3 Å². The van der Waals surface area contributed by atoms with Gasteiger partial charge in [0.25, 0.3) is 15.9 Å². The van der Waals surface area contributed by atoms with Crippen LogP contribution in [0.3, 0.4) is 0 Å². The molecule has 0 aliphatic carbocycles. The molecular formula is C21H18N4O4S2. The number of para-hydroxylation sites is 1. The van der Waals surface area contributed by atoms with Crippen molar-refractivity contribution in [3.8, 4) is 5.75 Å². The highest BCUT2D eigenvalue weighted by atomic mass is 32.2. The van der Waals surface area contributed by atoms with Crippen LogP contribution in [0, 0.1) is 6.92 Å². The average Bonchev–Trinajstić information content (AvgIpc) is 3.25. The fourth-order valence-electron chi connectivity index (χ4n) is 2.93. The summed E-state index contributed by atoms with van der Waals surface area (Å²) in [7, 11) is -3.74. The van der Waals surface area contributed by atoms with Gasteiger partial charge in [-0.1, -0.05) is 12.1 Å². The van der Waals surface area contributed by atoms with E-state index in [9.17, 15) is 13.2 Å². The van der Waals surface area contributed by atoms with E-state index in [4.69, 9.17) is 4.74 Å². The smallest absolute Gasteiger partial charge is 0.263 e. The van der Waals surface area contributed by atoms with Crippen molar-refractivity contribution in [2.24, 2.45) is 0 Å². The number of carbonyl (C=O) groups is 1. The van der Waals surface area contributed by atoms with Crippen molar-refractivity contribution in [2.45, 2.75) is 11.8 Å². The van der Waals surface area contributed by atoms with Gasteiger partial charge in [-0.15, -0.1) is 11.3 Å². The number of fused-ring (bicyclic) bond motifs is 1. The van der Waals surface area contributed by atoms with E-state index in [1.165, 1.54) is 41.8 Å². The Kier molecular flexibility index (Phi) is 5.83. The molecule has 0 atom stereocenters. The van der Waals surface area contributed by atoms with Crippen LogP contribution in [0.5, 0.6) is 5.75 Å². The molecule has 1 amide bonds. The van der Waals surface area contributed by atoms with E-state index in [0.717, 1.165) is 16.5 Å². The zero-order chi connectivity index (χ0) is 21.8. The Morgan fingerprint density at radius 2 is 1.87 bits per heavy atom. The van der Waals surface area contributed by atoms with Gasteiger partial charge in [0.15, 0.2) is 11.7 Å². The lowest BCUT2D eigenvalue weighted by atomic mass is 10.1. The van der Waals surface area contributed by atoms with E-state index >= 15 is 0 Å². The van der Waals surface area contributed by atoms with Gasteiger partial charge in [-0.25, -0.2) is 13.4 Å². The molecule has 158 valence electrons. The summed E-state index contributed by atoms with van der Waals surface area (Å²) in [5, 5.41) is 5.48. The highest BCUT2D eigenvalue weighted by molar-refractivity contribution is 7.93. The monoisotopic (exact) mass is 454 g/mol. The molecule has 0 aliphatic rings. The zero-order valence-corrected chi connectivity index (χ0v) is 18.0. The number of nitrogens with one attached hydrogen (secondary N) is 2. The van der Waals surface area contributed by atoms with Crippen LogP contribution in [0.15, 0.2) is 71.2 Å². The number of carbonyl (C=O) groups excluding carboxylic acids is 1. The molecule has 2 aromatic carbocycles. The van der Waals surface area contributed by atoms with E-state index in [1.54, 1.807) is 17.6 Å². The Bertz CT molecular complexity index is 1320. The van der Waals surface area contributed by atoms with Gasteiger partial charge in [0.1, 0.15) is 5.75 Å². The maximum absolute atomic E-state index is 12.4. The summed E-state index contributed by atoms with van der Waals surface area (Å²) >= 11 is 1.18. The SMILES string of the molecule is Cc1cccc2c(OCC(=O)Nc3ccc(S(=O)(=O)Nc4nccs4)cc3)ccnc12. The Balaban J connectivity index is 1.39. The predicted octanol–water partition coefficient (Wildman–Crippen LogP) is 3.82. The summed E-state index contributed by atoms with van der Waals surface area (Å²) in [6, 6.07) is 13.3. The molecule has 0 saturated heterocycles. The number of amides is 1. The standard InChI is InChI=1S/C21H18N4O4S2/c1-14-3-2-4-17-18(9-10-22-20(14)17)29-13-19(26)24-15-5-7-16(8-6-15)31(27,28)25-21-23-11-12-30-21/h2-12H,13H2,1H3,(H,23,25)(H,24,26). The number of ether oxygens (including phenoxy) is 1. The first-order valence-corrected chi connectivity index (χ1v) is 11.6. The first-order chi connectivity index (χ1) is 14.9. The molecule has 0 fully saturated rings. The molecule has 10 heteroatoms. The summed E-state index contributed by atoms with van der Waals surface area (Å²) in [5.41, 5.74) is 2.30. The molecule has 2 N–H and O–H groups in total. The van der Waals surface area contributed by atoms with E-state index in [0.29, 0.717) is 11.4 Å². The van der Waals surface area contributed by atoms with Crippen molar-refractivity contribution < 1.29 is 17.9 Å². The molecule has 4 rings (SSSR count). The fourth-order valence-corrected chi connectivity index (χ4v) is 4.72. The summed E-state index contributed by atoms with van der Waals surface area (Å²) in [5.74, 6) is 0.202. The molecule has 0 bridgehead atoms. The van der Waals surface area contributed by atoms with Crippen molar-refractivity contribution in [2.75, 3.05) is 16.6 Å². The van der Waals surface area contributed by atoms with Crippen molar-refractivity contribution in [1.82, 2.24) is 9.97 Å². The highest BCUT2D eigenvalue weighted by Crippen LogP contribution is 2.26. The van der Waals surface area contributed by atoms with Crippen molar-refractivity contribution in [3.63, 3.8) is 0 Å². The first-order valence-electron chi connectivity index (χ1n) is 9.22. The molecule has 0 radical (unpaired) electrons. The van der Waals surface area contributed by atoms with E-state index < -0.39 is 10.0 Å². The predicted molar refractivity (Wildman–Crippen MR) is 120 cm³/mol. The number of benzene rings is 2. The van der Waals surface area contributed by atoms with Crippen LogP contribution in [0.4, 0.5) is 10.8 Å². The largest absolute Gasteiger partial charge is 0.483 e. The van der Waals surface area contributed by atoms with Gasteiger partial charge in [-0.3, -0.25) is 14.5 Å². The quantitative estimate of drug-likeness (QED) is 0.439. The lowest BCUT2D eigenvalue weighted by Crippen LogP contribution is -2.20. The Labute approximate surface area is 183 Å². The third-order valence-electron chi connectivity index (χ3n) is 4.39. The highest BCUT2D eigenvalue weighted by Gasteiger charge is 2.15. The fraction of sp³-hybridized carbons (Fsp3) is 0.0952. The lowest BCUT2D eigenvalue weighted by Gasteiger charge is -2.11. The van der Waals surface area contributed by atoms with E-state index in [2.05, 4.69) is 20.0 Å². The van der Waals surface area contributed by atoms with Crippen LogP contribution in [0.25, 0.3) is 10.9 Å². The van der Waals surface area contributed by atoms with Gasteiger partial charge in [-0.2, -0.15) is 0 Å². The van der Waals surface area contributed by atoms with Crippen molar-refractivity contribution in [3.05, 3.63) is 71.9 Å². The van der Waals surface area contributed by atoms with Gasteiger partial charge >= 0.3 is 0 Å². The second-order valence-corrected chi connectivity index (χ2v) is 9.16. The third kappa shape index (κ3) is 4.81. The summed E-state index contributed by atoms with van der Waals surface area (Å²) < 4.78 is 32.8. The summed E-state index contributed by atoms with van der Waals surface area (Å²) in [6.07, 6.45) is 3.15. The van der Waals surface area contributed by atoms with Crippen LogP contribution in [0.2, 0.25) is 0 Å². The lowest BCUT2D eigenvalue weighted by molar-refractivity contribution is -0.118. The number of nitrogens with zero attached hydrogens (tertiary/aromatic N) is 2. The Morgan fingerprint density at radius 3 is 2.61 bits per heavy atom. The summed E-state index contributed by atoms with van der Waals surface area (Å²) in [6.45, 7) is 1.76. The minimum Gasteiger partial charge on any atom is -0.483 e. The maximum atomic E-state index is 12.4. The second kappa shape index (κ2) is 8.70. The van der Waals surface area contributed by atoms with Gasteiger partial charge in [0.2, 0.25) is 0 Å². The number of hydrogen-bond donors (Lipinski definition) is 2. The van der Waals surface area contributed by atoms with E-state index in [-0.39, 0.29) is 22.5 Å². The average molecular weight is 455 g/mol. The van der Waals surface area contributed by atoms with Gasteiger partial charge in [0, 0.05) is 28.8 Å². The van der Waals surface area contributed by atoms with Gasteiger partial charge in [-0.05, 0) is 48.9 Å². The van der Waals surface area contributed by atoms with Gasteiger partial charge in [0.05, 0.1) is 10.4 Å². The van der Waals surface area contributed by atoms with Crippen LogP contribution in [-0.2, 0) is 14.8 Å². The normalized spacial score (nSPS) is 11.3. The number of anilines is 2. The van der Waals surface area contributed by atoms with Crippen LogP contribution in [0.1, 0.15) is 5.56 Å². The number of sulfonamides is 1. The number of pyridine rings is 1. The number of rotatable bonds is 7. The number of aromatic nitrogens is 2. The van der Waals surface area contributed by atoms with Crippen LogP contribution < -0.4 is 14.8 Å². The third-order valence-corrected chi connectivity index (χ3v) is 6.57.